The van der Waals surface area contributed by atoms with Crippen LogP contribution < -0.4 is 5.11 Å². The molecule has 2 unspecified atom stereocenters. The van der Waals surface area contributed by atoms with Gasteiger partial charge in [0.25, 0.3) is 0 Å². The van der Waals surface area contributed by atoms with E-state index in [1.807, 2.05) is 0 Å². The highest BCUT2D eigenvalue weighted by atomic mass is 16.6. The van der Waals surface area contributed by atoms with Gasteiger partial charge in [0.2, 0.25) is 0 Å². The lowest BCUT2D eigenvalue weighted by molar-refractivity contribution is -0.889. The largest absolute Gasteiger partial charge is 0.544 e. The highest BCUT2D eigenvalue weighted by Gasteiger charge is 2.25. The summed E-state index contributed by atoms with van der Waals surface area (Å²) in [7, 11) is 5.41. The smallest absolute Gasteiger partial charge is 0.306 e. The first kappa shape index (κ1) is 65.2. The molecule has 0 saturated heterocycles. The van der Waals surface area contributed by atoms with Crippen molar-refractivity contribution < 1.29 is 38.2 Å². The Morgan fingerprint density at radius 3 is 1.13 bits per heavy atom. The molecule has 0 aliphatic heterocycles. The summed E-state index contributed by atoms with van der Waals surface area (Å²) in [6, 6.07) is -0.733. The van der Waals surface area contributed by atoms with Gasteiger partial charge in [0.05, 0.1) is 40.3 Å². The van der Waals surface area contributed by atoms with E-state index in [1.54, 1.807) is 21.1 Å². The fraction of sp³-hybridized carbons (Fsp3) is 0.689. The van der Waals surface area contributed by atoms with E-state index in [-0.39, 0.29) is 42.7 Å². The third-order valence-electron chi connectivity index (χ3n) is 12.0. The lowest BCUT2D eigenvalue weighted by atomic mass is 10.1. The maximum atomic E-state index is 12.8. The Bertz CT molecular complexity index is 1450. The fourth-order valence-electron chi connectivity index (χ4n) is 7.76. The van der Waals surface area contributed by atoms with Crippen LogP contribution in [0.1, 0.15) is 219 Å². The second-order valence-corrected chi connectivity index (χ2v) is 19.4. The zero-order valence-electron chi connectivity index (χ0n) is 44.9. The summed E-state index contributed by atoms with van der Waals surface area (Å²) in [5.41, 5.74) is 0. The van der Waals surface area contributed by atoms with Gasteiger partial charge in [-0.25, -0.2) is 0 Å². The van der Waals surface area contributed by atoms with Crippen molar-refractivity contribution in [2.24, 2.45) is 0 Å². The van der Waals surface area contributed by atoms with E-state index >= 15 is 0 Å². The van der Waals surface area contributed by atoms with Gasteiger partial charge in [0, 0.05) is 19.3 Å². The van der Waals surface area contributed by atoms with Crippen LogP contribution in [0.4, 0.5) is 0 Å². The van der Waals surface area contributed by atoms with Crippen molar-refractivity contribution >= 4 is 17.9 Å². The van der Waals surface area contributed by atoms with E-state index in [0.29, 0.717) is 12.8 Å². The molecule has 2 atom stereocenters. The lowest BCUT2D eigenvalue weighted by Gasteiger charge is -2.34. The van der Waals surface area contributed by atoms with E-state index in [2.05, 4.69) is 111 Å². The molecule has 0 aromatic carbocycles. The minimum Gasteiger partial charge on any atom is -0.544 e. The first-order valence-electron chi connectivity index (χ1n) is 27.8. The number of allylic oxidation sites excluding steroid dienone is 16. The molecule has 0 aliphatic rings. The van der Waals surface area contributed by atoms with Crippen LogP contribution in [0.15, 0.2) is 97.2 Å². The maximum absolute atomic E-state index is 12.8. The molecule has 0 aromatic heterocycles. The van der Waals surface area contributed by atoms with Gasteiger partial charge in [-0.2, -0.15) is 0 Å². The standard InChI is InChI=1S/C61H103NO7/c1-6-8-10-12-14-16-18-20-22-24-26-28-30-32-33-35-37-39-41-43-45-47-49-51-59(63)68-56-57(55-67-54-53-58(61(65)66)62(3,4)5)69-60(64)52-50-48-46-44-42-40-38-36-34-31-29-27-25-23-21-19-17-15-13-11-9-7-2/h8-11,14-17,20-23,26-29,57-58H,6-7,12-13,18-19,24-25,30-56H2,1-5H3/b10-8+,11-9+,16-14+,17-15+,22-20+,23-21+,28-26+,29-27+. The number of hydrogen-bond acceptors (Lipinski definition) is 7. The SMILES string of the molecule is CC/C=C/C/C=C/C/C=C/C/C=C/CCCCCCCCCCCCC(=O)OCC(COCCC(C(=O)[O-])[N+](C)(C)C)OC(=O)CCCCCCCCCCC/C=C/C/C=C/C/C=C/C/C=C/CC. The molecule has 8 heteroatoms. The topological polar surface area (TPSA) is 102 Å². The van der Waals surface area contributed by atoms with Gasteiger partial charge in [-0.1, -0.05) is 207 Å². The number of aliphatic carboxylic acids is 1. The highest BCUT2D eigenvalue weighted by Crippen LogP contribution is 2.15. The number of hydrogen-bond donors (Lipinski definition) is 0. The summed E-state index contributed by atoms with van der Waals surface area (Å²) >= 11 is 0. The summed E-state index contributed by atoms with van der Waals surface area (Å²) in [4.78, 5) is 37.2. The molecule has 69 heavy (non-hydrogen) atoms. The van der Waals surface area contributed by atoms with Crippen molar-refractivity contribution in [1.29, 1.82) is 0 Å². The van der Waals surface area contributed by atoms with Crippen molar-refractivity contribution in [3.8, 4) is 0 Å². The lowest BCUT2D eigenvalue weighted by Crippen LogP contribution is -2.55. The Kier molecular flexibility index (Phi) is 47.9. The number of quaternary nitrogens is 1. The quantitative estimate of drug-likeness (QED) is 0.0259. The molecule has 0 saturated carbocycles. The molecule has 0 amide bonds. The minimum atomic E-state index is -1.13. The first-order chi connectivity index (χ1) is 33.6. The van der Waals surface area contributed by atoms with Crippen LogP contribution in [0.2, 0.25) is 0 Å². The molecule has 0 aliphatic carbocycles. The van der Waals surface area contributed by atoms with Crippen molar-refractivity contribution in [1.82, 2.24) is 0 Å². The minimum absolute atomic E-state index is 0.0324. The van der Waals surface area contributed by atoms with Crippen LogP contribution in [-0.2, 0) is 28.6 Å². The molecule has 0 rings (SSSR count). The molecule has 0 radical (unpaired) electrons. The molecule has 0 bridgehead atoms. The van der Waals surface area contributed by atoms with E-state index in [1.165, 1.54) is 89.9 Å². The van der Waals surface area contributed by atoms with E-state index in [4.69, 9.17) is 14.2 Å². The fourth-order valence-corrected chi connectivity index (χ4v) is 7.76. The number of carboxylic acid groups (broad SMARTS) is 1. The molecule has 394 valence electrons. The summed E-state index contributed by atoms with van der Waals surface area (Å²) in [5, 5.41) is 11.7. The predicted octanol–water partition coefficient (Wildman–Crippen LogP) is 15.3. The Hall–Kier alpha value is -3.75. The summed E-state index contributed by atoms with van der Waals surface area (Å²) in [5.74, 6) is -1.75. The number of esters is 2. The predicted molar refractivity (Wildman–Crippen MR) is 291 cm³/mol. The molecule has 0 fully saturated rings. The number of nitrogens with zero attached hydrogens (tertiary/aromatic N) is 1. The first-order valence-corrected chi connectivity index (χ1v) is 27.8. The highest BCUT2D eigenvalue weighted by molar-refractivity contribution is 5.70. The van der Waals surface area contributed by atoms with E-state index in [0.717, 1.165) is 96.3 Å². The van der Waals surface area contributed by atoms with Gasteiger partial charge in [-0.05, 0) is 89.9 Å². The molecular weight excluding hydrogens is 859 g/mol. The maximum Gasteiger partial charge on any atom is 0.306 e. The van der Waals surface area contributed by atoms with Crippen molar-refractivity contribution in [2.75, 3.05) is 41.0 Å². The third kappa shape index (κ3) is 49.0. The third-order valence-corrected chi connectivity index (χ3v) is 12.0. The number of unbranched alkanes of at least 4 members (excludes halogenated alkanes) is 19. The molecule has 0 aromatic rings. The van der Waals surface area contributed by atoms with Gasteiger partial charge >= 0.3 is 11.9 Å². The zero-order chi connectivity index (χ0) is 50.6. The van der Waals surface area contributed by atoms with Crippen molar-refractivity contribution in [3.05, 3.63) is 97.2 Å². The van der Waals surface area contributed by atoms with E-state index < -0.39 is 18.1 Å². The second-order valence-electron chi connectivity index (χ2n) is 19.4. The van der Waals surface area contributed by atoms with Crippen molar-refractivity contribution in [3.63, 3.8) is 0 Å². The Balaban J connectivity index is 4.22. The average Bonchev–Trinajstić information content (AvgIpc) is 3.31. The van der Waals surface area contributed by atoms with Crippen LogP contribution in [0, 0.1) is 0 Å². The molecule has 0 heterocycles. The van der Waals surface area contributed by atoms with Gasteiger partial charge in [-0.15, -0.1) is 0 Å². The van der Waals surface area contributed by atoms with Gasteiger partial charge in [0.15, 0.2) is 6.10 Å². The van der Waals surface area contributed by atoms with Crippen LogP contribution in [0.3, 0.4) is 0 Å². The average molecular weight is 962 g/mol. The second kappa shape index (κ2) is 50.6. The van der Waals surface area contributed by atoms with Crippen LogP contribution in [0.25, 0.3) is 0 Å². The Morgan fingerprint density at radius 2 is 0.768 bits per heavy atom. The Labute approximate surface area is 424 Å². The van der Waals surface area contributed by atoms with Crippen LogP contribution >= 0.6 is 0 Å². The number of carbonyl (C=O) groups excluding carboxylic acids is 3. The van der Waals surface area contributed by atoms with E-state index in [9.17, 15) is 19.5 Å². The summed E-state index contributed by atoms with van der Waals surface area (Å²) in [6.07, 6.45) is 68.7. The van der Waals surface area contributed by atoms with Gasteiger partial charge in [0.1, 0.15) is 12.6 Å². The normalized spacial score (nSPS) is 13.6. The Morgan fingerprint density at radius 1 is 0.435 bits per heavy atom. The number of rotatable bonds is 49. The van der Waals surface area contributed by atoms with Crippen molar-refractivity contribution in [2.45, 2.75) is 231 Å². The molecule has 0 spiro atoms. The zero-order valence-corrected chi connectivity index (χ0v) is 44.9. The van der Waals surface area contributed by atoms with Crippen LogP contribution in [-0.4, -0.2) is 75.5 Å². The van der Waals surface area contributed by atoms with Gasteiger partial charge in [-0.3, -0.25) is 9.59 Å². The molecule has 0 N–H and O–H groups in total. The molecular formula is C61H103NO7. The number of likely N-dealkylation sites (N-methyl/N-ethyl adjacent to an activating group) is 1. The number of carboxylic acids is 1. The number of ether oxygens (including phenoxy) is 3. The molecule has 8 nitrogen and oxygen atoms in total. The van der Waals surface area contributed by atoms with Crippen LogP contribution in [0.5, 0.6) is 0 Å². The summed E-state index contributed by atoms with van der Waals surface area (Å²) < 4.78 is 17.3. The summed E-state index contributed by atoms with van der Waals surface area (Å²) in [6.45, 7) is 4.44. The monoisotopic (exact) mass is 962 g/mol. The number of carbonyl (C=O) groups is 3. The van der Waals surface area contributed by atoms with Gasteiger partial charge < -0.3 is 28.6 Å².